The Hall–Kier alpha value is -2.24. The second-order valence-corrected chi connectivity index (χ2v) is 4.08. The Morgan fingerprint density at radius 1 is 1.32 bits per heavy atom. The van der Waals surface area contributed by atoms with Gasteiger partial charge in [0, 0.05) is 11.8 Å². The van der Waals surface area contributed by atoms with E-state index in [9.17, 15) is 9.59 Å². The van der Waals surface area contributed by atoms with Gasteiger partial charge in [-0.25, -0.2) is 4.79 Å². The number of hydrogen-bond acceptors (Lipinski definition) is 4. The third-order valence-electron chi connectivity index (χ3n) is 2.08. The minimum atomic E-state index is -0.507. The summed E-state index contributed by atoms with van der Waals surface area (Å²) in [6.45, 7) is 3.66. The molecule has 0 aliphatic heterocycles. The largest absolute Gasteiger partial charge is 0.491 e. The van der Waals surface area contributed by atoms with Gasteiger partial charge >= 0.3 is 12.0 Å². The molecular formula is C13H18N2O4. The highest BCUT2D eigenvalue weighted by atomic mass is 16.5. The second kappa shape index (κ2) is 7.25. The van der Waals surface area contributed by atoms with Crippen LogP contribution in [-0.4, -0.2) is 31.8 Å². The second-order valence-electron chi connectivity index (χ2n) is 4.08. The molecule has 1 rings (SSSR count). The summed E-state index contributed by atoms with van der Waals surface area (Å²) >= 11 is 0. The van der Waals surface area contributed by atoms with E-state index in [1.54, 1.807) is 24.3 Å². The normalized spacial score (nSPS) is 9.89. The van der Waals surface area contributed by atoms with Crippen LogP contribution in [0.15, 0.2) is 24.3 Å². The Bertz CT molecular complexity index is 446. The van der Waals surface area contributed by atoms with E-state index in [1.807, 2.05) is 13.8 Å². The molecule has 0 aliphatic carbocycles. The van der Waals surface area contributed by atoms with Crippen molar-refractivity contribution in [1.82, 2.24) is 5.32 Å². The summed E-state index contributed by atoms with van der Waals surface area (Å²) < 4.78 is 9.92. The average Bonchev–Trinajstić information content (AvgIpc) is 2.35. The van der Waals surface area contributed by atoms with E-state index >= 15 is 0 Å². The molecule has 6 nitrogen and oxygen atoms in total. The number of esters is 1. The number of carbonyl (C=O) groups excluding carboxylic acids is 2. The lowest BCUT2D eigenvalue weighted by atomic mass is 10.3. The highest BCUT2D eigenvalue weighted by Crippen LogP contribution is 2.18. The predicted molar refractivity (Wildman–Crippen MR) is 71.2 cm³/mol. The third-order valence-corrected chi connectivity index (χ3v) is 2.08. The van der Waals surface area contributed by atoms with E-state index in [-0.39, 0.29) is 12.6 Å². The van der Waals surface area contributed by atoms with Crippen LogP contribution in [-0.2, 0) is 9.53 Å². The molecule has 2 N–H and O–H groups in total. The molecule has 0 fully saturated rings. The van der Waals surface area contributed by atoms with Gasteiger partial charge in [0.15, 0.2) is 0 Å². The van der Waals surface area contributed by atoms with Crippen LogP contribution in [0.1, 0.15) is 13.8 Å². The summed E-state index contributed by atoms with van der Waals surface area (Å²) in [5.74, 6) is 0.160. The number of nitrogens with one attached hydrogen (secondary N) is 2. The first-order valence-corrected chi connectivity index (χ1v) is 5.89. The molecule has 0 spiro atoms. The summed E-state index contributed by atoms with van der Waals surface area (Å²) in [6, 6.07) is 6.53. The van der Waals surface area contributed by atoms with Crippen LogP contribution in [0.25, 0.3) is 0 Å². The number of urea groups is 1. The van der Waals surface area contributed by atoms with Crippen LogP contribution in [0.5, 0.6) is 5.75 Å². The third kappa shape index (κ3) is 5.76. The maximum atomic E-state index is 11.5. The van der Waals surface area contributed by atoms with Gasteiger partial charge in [-0.15, -0.1) is 0 Å². The molecule has 1 aromatic carbocycles. The molecular weight excluding hydrogens is 248 g/mol. The van der Waals surface area contributed by atoms with E-state index < -0.39 is 12.0 Å². The zero-order valence-corrected chi connectivity index (χ0v) is 11.2. The van der Waals surface area contributed by atoms with Crippen molar-refractivity contribution in [2.45, 2.75) is 20.0 Å². The topological polar surface area (TPSA) is 76.7 Å². The van der Waals surface area contributed by atoms with E-state index in [0.29, 0.717) is 11.4 Å². The number of benzene rings is 1. The van der Waals surface area contributed by atoms with E-state index in [2.05, 4.69) is 15.4 Å². The summed E-state index contributed by atoms with van der Waals surface area (Å²) in [5, 5.41) is 4.97. The Balaban J connectivity index is 2.52. The van der Waals surface area contributed by atoms with Gasteiger partial charge in [-0.3, -0.25) is 4.79 Å². The van der Waals surface area contributed by atoms with Gasteiger partial charge in [0.25, 0.3) is 0 Å². The van der Waals surface area contributed by atoms with Gasteiger partial charge in [0.1, 0.15) is 12.3 Å². The van der Waals surface area contributed by atoms with Gasteiger partial charge in [-0.05, 0) is 26.0 Å². The first-order chi connectivity index (χ1) is 9.01. The lowest BCUT2D eigenvalue weighted by molar-refractivity contribution is -0.139. The van der Waals surface area contributed by atoms with Crippen molar-refractivity contribution in [1.29, 1.82) is 0 Å². The Kier molecular flexibility index (Phi) is 5.66. The molecule has 0 unspecified atom stereocenters. The van der Waals surface area contributed by atoms with Crippen molar-refractivity contribution in [2.75, 3.05) is 19.0 Å². The summed E-state index contributed by atoms with van der Waals surface area (Å²) in [7, 11) is 1.26. The first-order valence-electron chi connectivity index (χ1n) is 5.89. The maximum Gasteiger partial charge on any atom is 0.325 e. The molecule has 104 valence electrons. The van der Waals surface area contributed by atoms with Gasteiger partial charge in [0.2, 0.25) is 0 Å². The van der Waals surface area contributed by atoms with E-state index in [0.717, 1.165) is 0 Å². The number of hydrogen-bond donors (Lipinski definition) is 2. The van der Waals surface area contributed by atoms with E-state index in [1.165, 1.54) is 7.11 Å². The molecule has 0 heterocycles. The molecule has 0 radical (unpaired) electrons. The monoisotopic (exact) mass is 266 g/mol. The quantitative estimate of drug-likeness (QED) is 0.796. The number of carbonyl (C=O) groups is 2. The number of methoxy groups -OCH3 is 1. The van der Waals surface area contributed by atoms with Crippen molar-refractivity contribution in [3.8, 4) is 5.75 Å². The molecule has 0 saturated carbocycles. The van der Waals surface area contributed by atoms with Crippen LogP contribution in [0, 0.1) is 0 Å². The fourth-order valence-corrected chi connectivity index (χ4v) is 1.32. The van der Waals surface area contributed by atoms with Crippen LogP contribution < -0.4 is 15.4 Å². The van der Waals surface area contributed by atoms with Crippen LogP contribution in [0.2, 0.25) is 0 Å². The average molecular weight is 266 g/mol. The van der Waals surface area contributed by atoms with E-state index in [4.69, 9.17) is 4.74 Å². The van der Waals surface area contributed by atoms with Crippen molar-refractivity contribution in [2.24, 2.45) is 0 Å². The predicted octanol–water partition coefficient (Wildman–Crippen LogP) is 1.77. The Morgan fingerprint density at radius 2 is 2.05 bits per heavy atom. The molecule has 1 aromatic rings. The van der Waals surface area contributed by atoms with Crippen molar-refractivity contribution in [3.05, 3.63) is 24.3 Å². The number of rotatable bonds is 5. The van der Waals surface area contributed by atoms with Crippen LogP contribution >= 0.6 is 0 Å². The molecule has 6 heteroatoms. The smallest absolute Gasteiger partial charge is 0.325 e. The van der Waals surface area contributed by atoms with Gasteiger partial charge in [-0.1, -0.05) is 6.07 Å². The zero-order chi connectivity index (χ0) is 14.3. The molecule has 0 aromatic heterocycles. The summed E-state index contributed by atoms with van der Waals surface area (Å²) in [6.07, 6.45) is 0.0587. The minimum absolute atomic E-state index is 0.0587. The lowest BCUT2D eigenvalue weighted by Crippen LogP contribution is -2.33. The van der Waals surface area contributed by atoms with Gasteiger partial charge in [-0.2, -0.15) is 0 Å². The van der Waals surface area contributed by atoms with Crippen molar-refractivity contribution < 1.29 is 19.1 Å². The SMILES string of the molecule is COC(=O)CNC(=O)Nc1cccc(OC(C)C)c1. The van der Waals surface area contributed by atoms with Crippen LogP contribution in [0.4, 0.5) is 10.5 Å². The highest BCUT2D eigenvalue weighted by Gasteiger charge is 2.06. The molecule has 0 atom stereocenters. The lowest BCUT2D eigenvalue weighted by Gasteiger charge is -2.11. The minimum Gasteiger partial charge on any atom is -0.491 e. The number of anilines is 1. The van der Waals surface area contributed by atoms with Gasteiger partial charge < -0.3 is 20.1 Å². The molecule has 0 saturated heterocycles. The molecule has 19 heavy (non-hydrogen) atoms. The summed E-state index contributed by atoms with van der Waals surface area (Å²) in [5.41, 5.74) is 0.584. The number of ether oxygens (including phenoxy) is 2. The van der Waals surface area contributed by atoms with Crippen molar-refractivity contribution in [3.63, 3.8) is 0 Å². The fraction of sp³-hybridized carbons (Fsp3) is 0.385. The Labute approximate surface area is 112 Å². The Morgan fingerprint density at radius 3 is 2.68 bits per heavy atom. The molecule has 0 aliphatic rings. The van der Waals surface area contributed by atoms with Crippen molar-refractivity contribution >= 4 is 17.7 Å². The molecule has 2 amide bonds. The number of amides is 2. The van der Waals surface area contributed by atoms with Gasteiger partial charge in [0.05, 0.1) is 13.2 Å². The standard InChI is InChI=1S/C13H18N2O4/c1-9(2)19-11-6-4-5-10(7-11)15-13(17)14-8-12(16)18-3/h4-7,9H,8H2,1-3H3,(H2,14,15,17). The summed E-state index contributed by atoms with van der Waals surface area (Å²) in [4.78, 5) is 22.4. The van der Waals surface area contributed by atoms with Crippen LogP contribution in [0.3, 0.4) is 0 Å². The molecule has 0 bridgehead atoms. The zero-order valence-electron chi connectivity index (χ0n) is 11.2. The highest BCUT2D eigenvalue weighted by molar-refractivity contribution is 5.91. The maximum absolute atomic E-state index is 11.5. The fourth-order valence-electron chi connectivity index (χ4n) is 1.32. The first kappa shape index (κ1) is 14.8.